The lowest BCUT2D eigenvalue weighted by atomic mass is 10.1. The lowest BCUT2D eigenvalue weighted by molar-refractivity contribution is -0.402. The molecule has 8 heteroatoms. The van der Waals surface area contributed by atoms with Crippen LogP contribution in [0.3, 0.4) is 0 Å². The maximum absolute atomic E-state index is 11.5. The Kier molecular flexibility index (Phi) is 3.50. The fourth-order valence-corrected chi connectivity index (χ4v) is 2.51. The second-order valence-electron chi connectivity index (χ2n) is 5.45. The number of benzene rings is 1. The molecule has 1 aliphatic rings. The minimum absolute atomic E-state index is 0.00651. The first-order valence-corrected chi connectivity index (χ1v) is 7.47. The molecule has 0 N–H and O–H groups in total. The molecule has 4 rings (SSSR count). The van der Waals surface area contributed by atoms with Gasteiger partial charge in [-0.2, -0.15) is 0 Å². The fourth-order valence-electron chi connectivity index (χ4n) is 2.51. The van der Waals surface area contributed by atoms with E-state index in [1.54, 1.807) is 24.3 Å². The molecule has 0 aliphatic heterocycles. The van der Waals surface area contributed by atoms with Crippen LogP contribution in [0.4, 0.5) is 5.88 Å². The highest BCUT2D eigenvalue weighted by Gasteiger charge is 2.12. The number of ketones is 1. The Balaban J connectivity index is 1.61. The van der Waals surface area contributed by atoms with Crippen molar-refractivity contribution in [3.63, 3.8) is 0 Å². The molecule has 0 unspecified atom stereocenters. The molecule has 0 atom stereocenters. The number of hydrogen-bond acceptors (Lipinski definition) is 7. The number of ether oxygens (including phenoxy) is 1. The third-order valence-corrected chi connectivity index (χ3v) is 3.69. The van der Waals surface area contributed by atoms with Crippen molar-refractivity contribution >= 4 is 34.9 Å². The molecule has 0 radical (unpaired) electrons. The van der Waals surface area contributed by atoms with E-state index in [0.717, 1.165) is 0 Å². The van der Waals surface area contributed by atoms with Gasteiger partial charge in [-0.15, -0.1) is 0 Å². The summed E-state index contributed by atoms with van der Waals surface area (Å²) < 4.78 is 10.6. The van der Waals surface area contributed by atoms with E-state index < -0.39 is 4.92 Å². The summed E-state index contributed by atoms with van der Waals surface area (Å²) in [6.07, 6.45) is 3.58. The average molecular weight is 337 g/mol. The second kappa shape index (κ2) is 5.82. The Morgan fingerprint density at radius 1 is 1.16 bits per heavy atom. The Hall–Kier alpha value is -3.55. The van der Waals surface area contributed by atoms with Crippen LogP contribution in [0, 0.1) is 10.1 Å². The van der Waals surface area contributed by atoms with Crippen LogP contribution in [0.2, 0.25) is 0 Å². The molecule has 0 amide bonds. The lowest BCUT2D eigenvalue weighted by Crippen LogP contribution is -2.35. The maximum atomic E-state index is 11.5. The number of furan rings is 1. The molecule has 0 fully saturated rings. The summed E-state index contributed by atoms with van der Waals surface area (Å²) in [5.74, 6) is 0.530. The minimum atomic E-state index is -0.604. The highest BCUT2D eigenvalue weighted by molar-refractivity contribution is 6.08. The predicted molar refractivity (Wildman–Crippen MR) is 87.0 cm³/mol. The van der Waals surface area contributed by atoms with Gasteiger partial charge in [0.1, 0.15) is 23.0 Å². The molecule has 0 bridgehead atoms. The predicted octanol–water partition coefficient (Wildman–Crippen LogP) is 1.24. The van der Waals surface area contributed by atoms with Crippen molar-refractivity contribution in [3.8, 4) is 5.75 Å². The Morgan fingerprint density at radius 3 is 2.80 bits per heavy atom. The van der Waals surface area contributed by atoms with Crippen LogP contribution in [-0.4, -0.2) is 20.7 Å². The first kappa shape index (κ1) is 15.0. The summed E-state index contributed by atoms with van der Waals surface area (Å²) in [6, 6.07) is 7.98. The van der Waals surface area contributed by atoms with E-state index >= 15 is 0 Å². The van der Waals surface area contributed by atoms with Gasteiger partial charge in [-0.3, -0.25) is 14.9 Å². The summed E-state index contributed by atoms with van der Waals surface area (Å²) in [5, 5.41) is 11.8. The molecule has 25 heavy (non-hydrogen) atoms. The topological polar surface area (TPSA) is 108 Å². The van der Waals surface area contributed by atoms with E-state index in [1.807, 2.05) is 0 Å². The summed E-state index contributed by atoms with van der Waals surface area (Å²) in [5.41, 5.74) is 1.29. The number of aromatic nitrogens is 2. The molecule has 1 aromatic carbocycles. The van der Waals surface area contributed by atoms with Gasteiger partial charge >= 0.3 is 5.88 Å². The molecular weight excluding hydrogens is 326 g/mol. The van der Waals surface area contributed by atoms with E-state index in [0.29, 0.717) is 39.7 Å². The van der Waals surface area contributed by atoms with Crippen LogP contribution in [0.1, 0.15) is 12.2 Å². The van der Waals surface area contributed by atoms with Crippen LogP contribution in [0.25, 0.3) is 23.2 Å². The SMILES string of the molecule is O=C1C=c2nc3cc(OCc4ccc([N+](=O)[O-])o4)ccc3nc2=CC1. The van der Waals surface area contributed by atoms with Crippen molar-refractivity contribution in [1.29, 1.82) is 0 Å². The van der Waals surface area contributed by atoms with Crippen molar-refractivity contribution in [2.24, 2.45) is 0 Å². The van der Waals surface area contributed by atoms with Crippen LogP contribution in [-0.2, 0) is 11.4 Å². The number of nitrogens with zero attached hydrogens (tertiary/aromatic N) is 3. The van der Waals surface area contributed by atoms with Crippen molar-refractivity contribution in [3.05, 3.63) is 56.9 Å². The van der Waals surface area contributed by atoms with E-state index in [9.17, 15) is 14.9 Å². The number of nitro groups is 1. The number of carbonyl (C=O) groups is 1. The molecule has 0 saturated carbocycles. The molecule has 8 nitrogen and oxygen atoms in total. The Morgan fingerprint density at radius 2 is 2.00 bits per heavy atom. The monoisotopic (exact) mass is 337 g/mol. The molecule has 1 aliphatic carbocycles. The number of rotatable bonds is 4. The first-order chi connectivity index (χ1) is 12.1. The zero-order chi connectivity index (χ0) is 17.4. The molecule has 2 aromatic heterocycles. The molecule has 3 aromatic rings. The highest BCUT2D eigenvalue weighted by Crippen LogP contribution is 2.20. The van der Waals surface area contributed by atoms with Gasteiger partial charge in [0.05, 0.1) is 27.8 Å². The highest BCUT2D eigenvalue weighted by atomic mass is 16.6. The van der Waals surface area contributed by atoms with Crippen molar-refractivity contribution in [2.45, 2.75) is 13.0 Å². The van der Waals surface area contributed by atoms with Crippen LogP contribution in [0.15, 0.2) is 34.7 Å². The lowest BCUT2D eigenvalue weighted by Gasteiger charge is -2.06. The van der Waals surface area contributed by atoms with E-state index in [1.165, 1.54) is 18.2 Å². The average Bonchev–Trinajstić information content (AvgIpc) is 3.07. The number of carbonyl (C=O) groups excluding carboxylic acids is 1. The van der Waals surface area contributed by atoms with E-state index in [4.69, 9.17) is 9.15 Å². The molecule has 2 heterocycles. The molecular formula is C17H11N3O5. The van der Waals surface area contributed by atoms with Gasteiger partial charge in [0, 0.05) is 18.6 Å². The normalized spacial score (nSPS) is 13.0. The zero-order valence-corrected chi connectivity index (χ0v) is 12.8. The molecule has 0 spiro atoms. The fraction of sp³-hybridized carbons (Fsp3) is 0.118. The van der Waals surface area contributed by atoms with Crippen molar-refractivity contribution in [1.82, 2.24) is 9.97 Å². The van der Waals surface area contributed by atoms with Crippen molar-refractivity contribution < 1.29 is 18.9 Å². The largest absolute Gasteiger partial charge is 0.486 e. The number of Topliss-reactive ketones (excluding diaryl/α,β-unsaturated/α-hetero) is 1. The van der Waals surface area contributed by atoms with Gasteiger partial charge in [-0.1, -0.05) is 0 Å². The summed E-state index contributed by atoms with van der Waals surface area (Å²) >= 11 is 0. The Labute approximate surface area is 140 Å². The van der Waals surface area contributed by atoms with Crippen LogP contribution >= 0.6 is 0 Å². The standard InChI is InChI=1S/C17H11N3O5/c21-10-1-4-13-15(7-10)19-16-8-11(2-5-14(16)18-13)24-9-12-3-6-17(25-12)20(22)23/h2-8H,1,9H2. The van der Waals surface area contributed by atoms with Crippen LogP contribution < -0.4 is 15.4 Å². The molecule has 0 saturated heterocycles. The van der Waals surface area contributed by atoms with Gasteiger partial charge < -0.3 is 9.15 Å². The van der Waals surface area contributed by atoms with Gasteiger partial charge in [0.25, 0.3) is 0 Å². The van der Waals surface area contributed by atoms with Gasteiger partial charge in [-0.05, 0) is 24.3 Å². The van der Waals surface area contributed by atoms with Gasteiger partial charge in [0.2, 0.25) is 0 Å². The first-order valence-electron chi connectivity index (χ1n) is 7.47. The third kappa shape index (κ3) is 2.97. The second-order valence-corrected chi connectivity index (χ2v) is 5.45. The third-order valence-electron chi connectivity index (χ3n) is 3.69. The molecule has 124 valence electrons. The summed E-state index contributed by atoms with van der Waals surface area (Å²) in [6.45, 7) is 0.0517. The van der Waals surface area contributed by atoms with Gasteiger partial charge in [-0.25, -0.2) is 9.97 Å². The minimum Gasteiger partial charge on any atom is -0.486 e. The summed E-state index contributed by atoms with van der Waals surface area (Å²) in [4.78, 5) is 30.4. The number of fused-ring (bicyclic) bond motifs is 2. The number of hydrogen-bond donors (Lipinski definition) is 0. The van der Waals surface area contributed by atoms with Gasteiger partial charge in [0.15, 0.2) is 5.78 Å². The smallest absolute Gasteiger partial charge is 0.433 e. The Bertz CT molecular complexity index is 1130. The van der Waals surface area contributed by atoms with E-state index in [2.05, 4.69) is 9.97 Å². The van der Waals surface area contributed by atoms with Crippen molar-refractivity contribution in [2.75, 3.05) is 0 Å². The van der Waals surface area contributed by atoms with Crippen LogP contribution in [0.5, 0.6) is 5.75 Å². The van der Waals surface area contributed by atoms with E-state index in [-0.39, 0.29) is 18.3 Å². The zero-order valence-electron chi connectivity index (χ0n) is 12.8. The summed E-state index contributed by atoms with van der Waals surface area (Å²) in [7, 11) is 0. The quantitative estimate of drug-likeness (QED) is 0.520. The maximum Gasteiger partial charge on any atom is 0.433 e.